The van der Waals surface area contributed by atoms with Crippen LogP contribution in [0.1, 0.15) is 24.3 Å². The van der Waals surface area contributed by atoms with E-state index in [1.54, 1.807) is 25.2 Å². The molecular weight excluding hydrogens is 388 g/mol. The number of carbonyl (C=O) groups excluding carboxylic acids is 1. The molecule has 0 bridgehead atoms. The summed E-state index contributed by atoms with van der Waals surface area (Å²) in [5, 5.41) is 4.15. The highest BCUT2D eigenvalue weighted by Gasteiger charge is 2.15. The first-order valence-corrected chi connectivity index (χ1v) is 9.07. The van der Waals surface area contributed by atoms with Gasteiger partial charge in [0.05, 0.1) is 0 Å². The van der Waals surface area contributed by atoms with Gasteiger partial charge in [-0.15, -0.1) is 0 Å². The summed E-state index contributed by atoms with van der Waals surface area (Å²) in [5.74, 6) is -0.157. The van der Waals surface area contributed by atoms with Gasteiger partial charge in [0.2, 0.25) is 17.6 Å². The van der Waals surface area contributed by atoms with Crippen molar-refractivity contribution in [3.05, 3.63) is 70.6 Å². The van der Waals surface area contributed by atoms with Gasteiger partial charge in [-0.2, -0.15) is 4.98 Å². The zero-order valence-electron chi connectivity index (χ0n) is 15.2. The van der Waals surface area contributed by atoms with Gasteiger partial charge in [-0.3, -0.25) is 4.79 Å². The number of aryl methyl sites for hydroxylation is 1. The molecule has 0 N–H and O–H groups in total. The maximum Gasteiger partial charge on any atom is 0.226 e. The first-order valence-electron chi connectivity index (χ1n) is 8.69. The number of aromatic nitrogens is 2. The van der Waals surface area contributed by atoms with Gasteiger partial charge in [-0.05, 0) is 42.8 Å². The molecule has 0 aliphatic rings. The van der Waals surface area contributed by atoms with E-state index in [-0.39, 0.29) is 24.7 Å². The lowest BCUT2D eigenvalue weighted by atomic mass is 10.1. The molecule has 0 atom stereocenters. The minimum Gasteiger partial charge on any atom is -0.341 e. The minimum absolute atomic E-state index is 0.0968. The Morgan fingerprint density at radius 1 is 1.18 bits per heavy atom. The summed E-state index contributed by atoms with van der Waals surface area (Å²) < 4.78 is 32.0. The van der Waals surface area contributed by atoms with Crippen molar-refractivity contribution in [1.29, 1.82) is 0 Å². The largest absolute Gasteiger partial charge is 0.341 e. The van der Waals surface area contributed by atoms with Gasteiger partial charge in [0.1, 0.15) is 11.6 Å². The maximum atomic E-state index is 13.8. The number of amides is 1. The summed E-state index contributed by atoms with van der Waals surface area (Å²) in [6, 6.07) is 10.2. The Labute approximate surface area is 165 Å². The smallest absolute Gasteiger partial charge is 0.226 e. The van der Waals surface area contributed by atoms with E-state index >= 15 is 0 Å². The van der Waals surface area contributed by atoms with Crippen molar-refractivity contribution in [3.63, 3.8) is 0 Å². The topological polar surface area (TPSA) is 59.2 Å². The fraction of sp³-hybridized carbons (Fsp3) is 0.250. The molecule has 0 saturated heterocycles. The predicted molar refractivity (Wildman–Crippen MR) is 101 cm³/mol. The van der Waals surface area contributed by atoms with Crippen LogP contribution in [-0.2, 0) is 17.8 Å². The van der Waals surface area contributed by atoms with E-state index in [2.05, 4.69) is 10.1 Å². The maximum absolute atomic E-state index is 13.8. The number of nitrogens with zero attached hydrogens (tertiary/aromatic N) is 3. The van der Waals surface area contributed by atoms with E-state index in [0.29, 0.717) is 40.7 Å². The number of hydrogen-bond donors (Lipinski definition) is 0. The molecule has 1 heterocycles. The van der Waals surface area contributed by atoms with Crippen LogP contribution in [0.2, 0.25) is 5.02 Å². The second-order valence-corrected chi connectivity index (χ2v) is 6.73. The number of carbonyl (C=O) groups is 1. The highest BCUT2D eigenvalue weighted by Crippen LogP contribution is 2.21. The van der Waals surface area contributed by atoms with Gasteiger partial charge in [0.15, 0.2) is 0 Å². The average Bonchev–Trinajstić information content (AvgIpc) is 3.14. The molecule has 28 heavy (non-hydrogen) atoms. The second kappa shape index (κ2) is 8.93. The van der Waals surface area contributed by atoms with Gasteiger partial charge in [0, 0.05) is 42.6 Å². The van der Waals surface area contributed by atoms with Crippen LogP contribution in [0, 0.1) is 11.6 Å². The van der Waals surface area contributed by atoms with Crippen LogP contribution in [-0.4, -0.2) is 28.0 Å². The van der Waals surface area contributed by atoms with Crippen LogP contribution in [0.5, 0.6) is 0 Å². The number of halogens is 3. The number of rotatable bonds is 7. The zero-order chi connectivity index (χ0) is 20.1. The summed E-state index contributed by atoms with van der Waals surface area (Å²) >= 11 is 6.00. The SMILES string of the molecule is CN(Cc1c(F)cccc1Cl)C(=O)CCCc1nc(-c2ccc(F)cc2)no1. The summed E-state index contributed by atoms with van der Waals surface area (Å²) in [6.07, 6.45) is 1.17. The summed E-state index contributed by atoms with van der Waals surface area (Å²) in [6.45, 7) is 0.0968. The number of hydrogen-bond acceptors (Lipinski definition) is 4. The lowest BCUT2D eigenvalue weighted by Crippen LogP contribution is -2.26. The average molecular weight is 406 g/mol. The van der Waals surface area contributed by atoms with Crippen molar-refractivity contribution in [3.8, 4) is 11.4 Å². The monoisotopic (exact) mass is 405 g/mol. The minimum atomic E-state index is -0.439. The predicted octanol–water partition coefficient (Wildman–Crippen LogP) is 4.65. The van der Waals surface area contributed by atoms with E-state index in [4.69, 9.17) is 16.1 Å². The molecule has 3 rings (SSSR count). The lowest BCUT2D eigenvalue weighted by Gasteiger charge is -2.18. The third-order valence-corrected chi connectivity index (χ3v) is 4.59. The fourth-order valence-electron chi connectivity index (χ4n) is 2.66. The van der Waals surface area contributed by atoms with E-state index < -0.39 is 5.82 Å². The Morgan fingerprint density at radius 2 is 1.93 bits per heavy atom. The quantitative estimate of drug-likeness (QED) is 0.574. The Kier molecular flexibility index (Phi) is 6.36. The molecule has 0 radical (unpaired) electrons. The zero-order valence-corrected chi connectivity index (χ0v) is 15.9. The highest BCUT2D eigenvalue weighted by atomic mass is 35.5. The van der Waals surface area contributed by atoms with Crippen molar-refractivity contribution in [2.24, 2.45) is 0 Å². The number of benzene rings is 2. The van der Waals surface area contributed by atoms with Gasteiger partial charge >= 0.3 is 0 Å². The Balaban J connectivity index is 1.51. The van der Waals surface area contributed by atoms with Gasteiger partial charge in [0.25, 0.3) is 0 Å². The molecule has 0 saturated carbocycles. The summed E-state index contributed by atoms with van der Waals surface area (Å²) in [4.78, 5) is 18.0. The Bertz CT molecular complexity index is 940. The molecule has 1 amide bonds. The van der Waals surface area contributed by atoms with Crippen LogP contribution in [0.3, 0.4) is 0 Å². The van der Waals surface area contributed by atoms with Crippen molar-refractivity contribution in [2.45, 2.75) is 25.8 Å². The first kappa shape index (κ1) is 19.9. The third kappa shape index (κ3) is 4.92. The molecule has 0 aliphatic heterocycles. The van der Waals surface area contributed by atoms with Crippen molar-refractivity contribution < 1.29 is 18.1 Å². The standard InChI is InChI=1S/C20H18ClF2N3O2/c1-26(12-15-16(21)4-2-5-17(15)23)19(27)7-3-6-18-24-20(25-28-18)13-8-10-14(22)11-9-13/h2,4-5,8-11H,3,6-7,12H2,1H3. The second-order valence-electron chi connectivity index (χ2n) is 6.32. The van der Waals surface area contributed by atoms with Crippen LogP contribution >= 0.6 is 11.6 Å². The molecule has 0 aliphatic carbocycles. The molecule has 1 aromatic heterocycles. The first-order chi connectivity index (χ1) is 13.4. The van der Waals surface area contributed by atoms with Crippen molar-refractivity contribution >= 4 is 17.5 Å². The van der Waals surface area contributed by atoms with Crippen LogP contribution in [0.4, 0.5) is 8.78 Å². The molecular formula is C20H18ClF2N3O2. The third-order valence-electron chi connectivity index (χ3n) is 4.23. The molecule has 5 nitrogen and oxygen atoms in total. The molecule has 8 heteroatoms. The van der Waals surface area contributed by atoms with E-state index in [1.165, 1.54) is 29.2 Å². The van der Waals surface area contributed by atoms with Crippen molar-refractivity contribution in [2.75, 3.05) is 7.05 Å². The molecule has 0 fully saturated rings. The summed E-state index contributed by atoms with van der Waals surface area (Å²) in [5.41, 5.74) is 0.940. The fourth-order valence-corrected chi connectivity index (χ4v) is 2.89. The van der Waals surface area contributed by atoms with Gasteiger partial charge in [-0.25, -0.2) is 8.78 Å². The Morgan fingerprint density at radius 3 is 2.64 bits per heavy atom. The van der Waals surface area contributed by atoms with E-state index in [1.807, 2.05) is 0 Å². The van der Waals surface area contributed by atoms with Gasteiger partial charge in [-0.1, -0.05) is 22.8 Å². The normalized spacial score (nSPS) is 10.9. The van der Waals surface area contributed by atoms with Crippen LogP contribution in [0.25, 0.3) is 11.4 Å². The molecule has 0 spiro atoms. The molecule has 2 aromatic carbocycles. The van der Waals surface area contributed by atoms with E-state index in [0.717, 1.165) is 0 Å². The lowest BCUT2D eigenvalue weighted by molar-refractivity contribution is -0.130. The van der Waals surface area contributed by atoms with Crippen molar-refractivity contribution in [1.82, 2.24) is 15.0 Å². The van der Waals surface area contributed by atoms with Gasteiger partial charge < -0.3 is 9.42 Å². The molecule has 0 unspecified atom stereocenters. The molecule has 3 aromatic rings. The van der Waals surface area contributed by atoms with E-state index in [9.17, 15) is 13.6 Å². The highest BCUT2D eigenvalue weighted by molar-refractivity contribution is 6.31. The van der Waals surface area contributed by atoms with Crippen LogP contribution in [0.15, 0.2) is 47.0 Å². The van der Waals surface area contributed by atoms with Crippen LogP contribution < -0.4 is 0 Å². The Hall–Kier alpha value is -2.80. The molecule has 146 valence electrons. The summed E-state index contributed by atoms with van der Waals surface area (Å²) in [7, 11) is 1.60.